The first-order valence-electron chi connectivity index (χ1n) is 11.7. The Morgan fingerprint density at radius 3 is 2.36 bits per heavy atom. The number of methoxy groups -OCH3 is 1. The van der Waals surface area contributed by atoms with Crippen LogP contribution in [0.1, 0.15) is 28.4 Å². The highest BCUT2D eigenvalue weighted by molar-refractivity contribution is 7.89. The van der Waals surface area contributed by atoms with Crippen molar-refractivity contribution in [3.63, 3.8) is 0 Å². The zero-order valence-corrected chi connectivity index (χ0v) is 21.6. The van der Waals surface area contributed by atoms with Gasteiger partial charge in [-0.2, -0.15) is 4.31 Å². The molecule has 0 radical (unpaired) electrons. The average Bonchev–Trinajstić information content (AvgIpc) is 2.85. The van der Waals surface area contributed by atoms with E-state index in [1.165, 1.54) is 17.5 Å². The minimum atomic E-state index is -3.94. The lowest BCUT2D eigenvalue weighted by Gasteiger charge is -2.40. The van der Waals surface area contributed by atoms with E-state index in [0.717, 1.165) is 28.9 Å². The predicted molar refractivity (Wildman–Crippen MR) is 139 cm³/mol. The van der Waals surface area contributed by atoms with E-state index in [1.54, 1.807) is 12.1 Å². The summed E-state index contributed by atoms with van der Waals surface area (Å²) in [6.45, 7) is 6.91. The van der Waals surface area contributed by atoms with Crippen molar-refractivity contribution in [2.45, 2.75) is 31.7 Å². The van der Waals surface area contributed by atoms with Crippen LogP contribution in [0.25, 0.3) is 0 Å². The third kappa shape index (κ3) is 5.22. The molecule has 36 heavy (non-hydrogen) atoms. The van der Waals surface area contributed by atoms with Crippen molar-refractivity contribution in [2.24, 2.45) is 0 Å². The molecule has 4 rings (SSSR count). The van der Waals surface area contributed by atoms with Crippen LogP contribution in [0, 0.1) is 19.7 Å². The first-order chi connectivity index (χ1) is 17.1. The topological polar surface area (TPSA) is 78.9 Å². The van der Waals surface area contributed by atoms with Crippen LogP contribution < -0.4 is 15.0 Å². The van der Waals surface area contributed by atoms with E-state index >= 15 is 0 Å². The minimum Gasteiger partial charge on any atom is -0.495 e. The molecule has 1 unspecified atom stereocenters. The second-order valence-electron chi connectivity index (χ2n) is 9.04. The molecule has 7 nitrogen and oxygen atoms in total. The fraction of sp³-hybridized carbons (Fsp3) is 0.296. The number of carbonyl (C=O) groups is 1. The largest absolute Gasteiger partial charge is 0.495 e. The van der Waals surface area contributed by atoms with Crippen LogP contribution in [-0.2, 0) is 10.0 Å². The Balaban J connectivity index is 1.55. The van der Waals surface area contributed by atoms with Crippen molar-refractivity contribution in [3.8, 4) is 5.75 Å². The summed E-state index contributed by atoms with van der Waals surface area (Å²) in [6, 6.07) is 16.6. The molecule has 1 atom stereocenters. The lowest BCUT2D eigenvalue weighted by atomic mass is 10.1. The van der Waals surface area contributed by atoms with Crippen molar-refractivity contribution in [2.75, 3.05) is 37.0 Å². The number of aryl methyl sites for hydroxylation is 2. The highest BCUT2D eigenvalue weighted by Gasteiger charge is 2.33. The van der Waals surface area contributed by atoms with Crippen LogP contribution in [0.3, 0.4) is 0 Å². The van der Waals surface area contributed by atoms with Crippen molar-refractivity contribution in [1.82, 2.24) is 4.31 Å². The number of rotatable bonds is 6. The monoisotopic (exact) mass is 511 g/mol. The summed E-state index contributed by atoms with van der Waals surface area (Å²) in [4.78, 5) is 15.0. The molecule has 1 aliphatic rings. The van der Waals surface area contributed by atoms with Crippen LogP contribution in [-0.4, -0.2) is 51.4 Å². The van der Waals surface area contributed by atoms with Gasteiger partial charge < -0.3 is 15.0 Å². The Hall–Kier alpha value is -3.43. The molecule has 3 aromatic rings. The SMILES string of the molecule is COc1ccc(C)cc1NC(=O)c1cc(S(=O)(=O)N2CCN(c3ccc(C)cc3)C(C)C2)ccc1F. The molecule has 9 heteroatoms. The Kier molecular flexibility index (Phi) is 7.33. The van der Waals surface area contributed by atoms with E-state index < -0.39 is 21.7 Å². The number of halogens is 1. The van der Waals surface area contributed by atoms with Gasteiger partial charge in [0.25, 0.3) is 5.91 Å². The first kappa shape index (κ1) is 25.7. The minimum absolute atomic E-state index is 0.0618. The molecule has 0 spiro atoms. The number of sulfonamides is 1. The van der Waals surface area contributed by atoms with Crippen molar-refractivity contribution in [1.29, 1.82) is 0 Å². The summed E-state index contributed by atoms with van der Waals surface area (Å²) in [7, 11) is -2.47. The molecular weight excluding hydrogens is 481 g/mol. The van der Waals surface area contributed by atoms with Gasteiger partial charge in [0.2, 0.25) is 10.0 Å². The second-order valence-corrected chi connectivity index (χ2v) is 11.0. The highest BCUT2D eigenvalue weighted by Crippen LogP contribution is 2.28. The first-order valence-corrected chi connectivity index (χ1v) is 13.1. The molecule has 0 aliphatic carbocycles. The number of amides is 1. The number of nitrogens with one attached hydrogen (secondary N) is 1. The van der Waals surface area contributed by atoms with Gasteiger partial charge in [0, 0.05) is 31.4 Å². The molecule has 3 aromatic carbocycles. The van der Waals surface area contributed by atoms with Gasteiger partial charge in [-0.25, -0.2) is 12.8 Å². The fourth-order valence-corrected chi connectivity index (χ4v) is 5.90. The molecule has 0 aromatic heterocycles. The third-order valence-electron chi connectivity index (χ3n) is 6.38. The molecule has 1 fully saturated rings. The summed E-state index contributed by atoms with van der Waals surface area (Å²) in [6.07, 6.45) is 0. The zero-order chi connectivity index (χ0) is 26.0. The van der Waals surface area contributed by atoms with Gasteiger partial charge in [-0.1, -0.05) is 23.8 Å². The van der Waals surface area contributed by atoms with Gasteiger partial charge in [0.05, 0.1) is 23.3 Å². The number of nitrogens with zero attached hydrogens (tertiary/aromatic N) is 2. The Morgan fingerprint density at radius 2 is 1.69 bits per heavy atom. The second kappa shape index (κ2) is 10.3. The number of hydrogen-bond acceptors (Lipinski definition) is 5. The molecule has 1 amide bonds. The van der Waals surface area contributed by atoms with E-state index in [-0.39, 0.29) is 29.6 Å². The lowest BCUT2D eigenvalue weighted by molar-refractivity contribution is 0.102. The van der Waals surface area contributed by atoms with E-state index in [0.29, 0.717) is 18.0 Å². The van der Waals surface area contributed by atoms with Gasteiger partial charge in [-0.05, 0) is 68.8 Å². The third-order valence-corrected chi connectivity index (χ3v) is 8.24. The fourth-order valence-electron chi connectivity index (χ4n) is 4.36. The number of anilines is 2. The van der Waals surface area contributed by atoms with Crippen LogP contribution in [0.2, 0.25) is 0 Å². The number of carbonyl (C=O) groups excluding carboxylic acids is 1. The molecule has 1 aliphatic heterocycles. The standard InChI is InChI=1S/C27H30FN3O4S/c1-18-5-8-21(9-6-18)31-14-13-30(17-20(31)3)36(33,34)22-10-11-24(28)23(16-22)27(32)29-25-15-19(2)7-12-26(25)35-4/h5-12,15-16,20H,13-14,17H2,1-4H3,(H,29,32). The summed E-state index contributed by atoms with van der Waals surface area (Å²) >= 11 is 0. The summed E-state index contributed by atoms with van der Waals surface area (Å²) in [5.41, 5.74) is 3.09. The van der Waals surface area contributed by atoms with Crippen LogP contribution in [0.4, 0.5) is 15.8 Å². The summed E-state index contributed by atoms with van der Waals surface area (Å²) in [5, 5.41) is 2.63. The molecule has 0 bridgehead atoms. The normalized spacial score (nSPS) is 16.6. The number of benzene rings is 3. The van der Waals surface area contributed by atoms with Crippen molar-refractivity contribution < 1.29 is 22.3 Å². The predicted octanol–water partition coefficient (Wildman–Crippen LogP) is 4.60. The lowest BCUT2D eigenvalue weighted by Crippen LogP contribution is -2.53. The van der Waals surface area contributed by atoms with E-state index in [4.69, 9.17) is 4.74 Å². The maximum absolute atomic E-state index is 14.6. The number of ether oxygens (including phenoxy) is 1. The van der Waals surface area contributed by atoms with Crippen LogP contribution >= 0.6 is 0 Å². The average molecular weight is 512 g/mol. The van der Waals surface area contributed by atoms with Crippen molar-refractivity contribution in [3.05, 3.63) is 83.2 Å². The Labute approximate surface area is 211 Å². The zero-order valence-electron chi connectivity index (χ0n) is 20.8. The molecule has 190 valence electrons. The van der Waals surface area contributed by atoms with Gasteiger partial charge >= 0.3 is 0 Å². The maximum atomic E-state index is 14.6. The molecule has 1 N–H and O–H groups in total. The smallest absolute Gasteiger partial charge is 0.258 e. The van der Waals surface area contributed by atoms with Gasteiger partial charge in [0.15, 0.2) is 0 Å². The maximum Gasteiger partial charge on any atom is 0.258 e. The van der Waals surface area contributed by atoms with Crippen LogP contribution in [0.5, 0.6) is 5.75 Å². The Bertz CT molecular complexity index is 1380. The molecule has 1 saturated heterocycles. The highest BCUT2D eigenvalue weighted by atomic mass is 32.2. The van der Waals surface area contributed by atoms with Gasteiger partial charge in [-0.3, -0.25) is 4.79 Å². The molecule has 1 heterocycles. The summed E-state index contributed by atoms with van der Waals surface area (Å²) in [5.74, 6) is -1.15. The van der Waals surface area contributed by atoms with E-state index in [9.17, 15) is 17.6 Å². The molecule has 0 saturated carbocycles. The van der Waals surface area contributed by atoms with Gasteiger partial charge in [0.1, 0.15) is 11.6 Å². The van der Waals surface area contributed by atoms with E-state index in [1.807, 2.05) is 51.1 Å². The van der Waals surface area contributed by atoms with E-state index in [2.05, 4.69) is 10.2 Å². The van der Waals surface area contributed by atoms with Gasteiger partial charge in [-0.15, -0.1) is 0 Å². The molecular formula is C27H30FN3O4S. The van der Waals surface area contributed by atoms with Crippen LogP contribution in [0.15, 0.2) is 65.6 Å². The van der Waals surface area contributed by atoms with Crippen molar-refractivity contribution >= 4 is 27.3 Å². The number of hydrogen-bond donors (Lipinski definition) is 1. The number of piperazine rings is 1. The summed E-state index contributed by atoms with van der Waals surface area (Å²) < 4.78 is 48.2. The Morgan fingerprint density at radius 1 is 1.00 bits per heavy atom. The quantitative estimate of drug-likeness (QED) is 0.523.